The monoisotopic (exact) mass is 329 g/mol. The number of morpholine rings is 1. The predicted octanol–water partition coefficient (Wildman–Crippen LogP) is 3.99. The molecule has 1 aromatic carbocycles. The zero-order valence-corrected chi connectivity index (χ0v) is 12.6. The number of fused-ring (bicyclic) bond motifs is 1. The molecule has 1 aromatic rings. The number of ether oxygens (including phenoxy) is 1. The highest BCUT2D eigenvalue weighted by Gasteiger charge is 2.36. The maximum atomic E-state index is 6.16. The Morgan fingerprint density at radius 1 is 1.39 bits per heavy atom. The lowest BCUT2D eigenvalue weighted by molar-refractivity contribution is 0.0256. The minimum absolute atomic E-state index is 0.418. The van der Waals surface area contributed by atoms with Gasteiger partial charge in [-0.3, -0.25) is 0 Å². The molecule has 3 rings (SSSR count). The number of hydrogen-bond acceptors (Lipinski definition) is 2. The SMILES string of the molecule is Clc1ccc(CBr)c(N2CCOC3CCCC32)c1. The van der Waals surface area contributed by atoms with Crippen molar-refractivity contribution >= 4 is 33.2 Å². The number of hydrogen-bond donors (Lipinski definition) is 0. The van der Waals surface area contributed by atoms with Crippen molar-refractivity contribution in [1.29, 1.82) is 0 Å². The van der Waals surface area contributed by atoms with Crippen LogP contribution in [0.2, 0.25) is 5.02 Å². The molecule has 1 saturated carbocycles. The fraction of sp³-hybridized carbons (Fsp3) is 0.571. The van der Waals surface area contributed by atoms with Crippen LogP contribution in [-0.4, -0.2) is 25.3 Å². The largest absolute Gasteiger partial charge is 0.374 e. The van der Waals surface area contributed by atoms with Gasteiger partial charge < -0.3 is 9.64 Å². The summed E-state index contributed by atoms with van der Waals surface area (Å²) in [4.78, 5) is 2.50. The topological polar surface area (TPSA) is 12.5 Å². The Morgan fingerprint density at radius 2 is 2.28 bits per heavy atom. The predicted molar refractivity (Wildman–Crippen MR) is 78.8 cm³/mol. The Balaban J connectivity index is 1.95. The first-order valence-corrected chi connectivity index (χ1v) is 8.02. The van der Waals surface area contributed by atoms with E-state index in [1.54, 1.807) is 0 Å². The molecule has 2 atom stereocenters. The summed E-state index contributed by atoms with van der Waals surface area (Å²) in [6, 6.07) is 6.72. The van der Waals surface area contributed by atoms with E-state index in [0.29, 0.717) is 12.1 Å². The van der Waals surface area contributed by atoms with E-state index in [0.717, 1.165) is 23.5 Å². The Bertz CT molecular complexity index is 440. The van der Waals surface area contributed by atoms with Crippen molar-refractivity contribution in [3.63, 3.8) is 0 Å². The molecule has 0 bridgehead atoms. The van der Waals surface area contributed by atoms with Gasteiger partial charge in [0, 0.05) is 22.6 Å². The molecular formula is C14H17BrClNO. The average Bonchev–Trinajstić information content (AvgIpc) is 2.86. The van der Waals surface area contributed by atoms with Gasteiger partial charge in [-0.15, -0.1) is 0 Å². The van der Waals surface area contributed by atoms with Crippen LogP contribution in [-0.2, 0) is 10.1 Å². The molecule has 1 aliphatic carbocycles. The van der Waals surface area contributed by atoms with Crippen molar-refractivity contribution in [2.24, 2.45) is 0 Å². The van der Waals surface area contributed by atoms with Crippen molar-refractivity contribution in [3.8, 4) is 0 Å². The van der Waals surface area contributed by atoms with Gasteiger partial charge in [-0.1, -0.05) is 33.6 Å². The zero-order chi connectivity index (χ0) is 12.5. The standard InChI is InChI=1S/C14H17BrClNO/c15-9-10-4-5-11(16)8-13(10)17-6-7-18-14-3-1-2-12(14)17/h4-5,8,12,14H,1-3,6-7,9H2. The molecule has 4 heteroatoms. The third-order valence-electron chi connectivity index (χ3n) is 3.98. The van der Waals surface area contributed by atoms with Crippen LogP contribution in [0.25, 0.3) is 0 Å². The second-order valence-corrected chi connectivity index (χ2v) is 6.00. The van der Waals surface area contributed by atoms with E-state index in [4.69, 9.17) is 16.3 Å². The highest BCUT2D eigenvalue weighted by atomic mass is 79.9. The molecule has 2 aliphatic rings. The third kappa shape index (κ3) is 2.28. The van der Waals surface area contributed by atoms with E-state index in [1.807, 2.05) is 6.07 Å². The summed E-state index contributed by atoms with van der Waals surface area (Å²) in [5.74, 6) is 0. The van der Waals surface area contributed by atoms with Crippen molar-refractivity contribution in [1.82, 2.24) is 0 Å². The smallest absolute Gasteiger partial charge is 0.0779 e. The first kappa shape index (κ1) is 12.8. The van der Waals surface area contributed by atoms with Crippen LogP contribution in [0.4, 0.5) is 5.69 Å². The Kier molecular flexibility index (Phi) is 3.83. The second kappa shape index (κ2) is 5.40. The lowest BCUT2D eigenvalue weighted by atomic mass is 10.1. The van der Waals surface area contributed by atoms with Gasteiger partial charge in [-0.25, -0.2) is 0 Å². The Morgan fingerprint density at radius 3 is 3.11 bits per heavy atom. The molecule has 18 heavy (non-hydrogen) atoms. The summed E-state index contributed by atoms with van der Waals surface area (Å²) in [6.07, 6.45) is 4.13. The fourth-order valence-corrected chi connectivity index (χ4v) is 3.78. The number of rotatable bonds is 2. The van der Waals surface area contributed by atoms with Gasteiger partial charge in [0.2, 0.25) is 0 Å². The maximum absolute atomic E-state index is 6.16. The van der Waals surface area contributed by atoms with Crippen LogP contribution < -0.4 is 4.90 Å². The highest BCUT2D eigenvalue weighted by Crippen LogP contribution is 2.36. The summed E-state index contributed by atoms with van der Waals surface area (Å²) in [5, 5.41) is 1.68. The van der Waals surface area contributed by atoms with Crippen LogP contribution in [0.3, 0.4) is 0 Å². The van der Waals surface area contributed by atoms with Gasteiger partial charge in [0.1, 0.15) is 0 Å². The first-order valence-electron chi connectivity index (χ1n) is 6.52. The fourth-order valence-electron chi connectivity index (χ4n) is 3.14. The van der Waals surface area contributed by atoms with Gasteiger partial charge >= 0.3 is 0 Å². The van der Waals surface area contributed by atoms with Gasteiger partial charge in [-0.05, 0) is 37.0 Å². The van der Waals surface area contributed by atoms with E-state index < -0.39 is 0 Å². The number of nitrogens with zero attached hydrogens (tertiary/aromatic N) is 1. The van der Waals surface area contributed by atoms with Crippen LogP contribution >= 0.6 is 27.5 Å². The number of halogens is 2. The molecule has 0 amide bonds. The minimum atomic E-state index is 0.418. The number of alkyl halides is 1. The summed E-state index contributed by atoms with van der Waals surface area (Å²) in [5.41, 5.74) is 2.59. The van der Waals surface area contributed by atoms with Crippen molar-refractivity contribution in [3.05, 3.63) is 28.8 Å². The van der Waals surface area contributed by atoms with Crippen LogP contribution in [0.15, 0.2) is 18.2 Å². The van der Waals surface area contributed by atoms with Crippen LogP contribution in [0.1, 0.15) is 24.8 Å². The Hall–Kier alpha value is -0.250. The van der Waals surface area contributed by atoms with Gasteiger partial charge in [-0.2, -0.15) is 0 Å². The van der Waals surface area contributed by atoms with E-state index in [-0.39, 0.29) is 0 Å². The van der Waals surface area contributed by atoms with Gasteiger partial charge in [0.05, 0.1) is 18.8 Å². The summed E-state index contributed by atoms with van der Waals surface area (Å²) < 4.78 is 5.87. The number of anilines is 1. The molecule has 1 saturated heterocycles. The van der Waals surface area contributed by atoms with E-state index in [2.05, 4.69) is 33.0 Å². The summed E-state index contributed by atoms with van der Waals surface area (Å²) >= 11 is 9.73. The minimum Gasteiger partial charge on any atom is -0.374 e. The molecule has 1 heterocycles. The molecular weight excluding hydrogens is 314 g/mol. The lowest BCUT2D eigenvalue weighted by Gasteiger charge is -2.40. The molecule has 1 aliphatic heterocycles. The number of benzene rings is 1. The molecule has 2 fully saturated rings. The molecule has 0 radical (unpaired) electrons. The molecule has 0 aromatic heterocycles. The molecule has 2 unspecified atom stereocenters. The third-order valence-corrected chi connectivity index (χ3v) is 4.82. The second-order valence-electron chi connectivity index (χ2n) is 5.01. The van der Waals surface area contributed by atoms with Crippen molar-refractivity contribution < 1.29 is 4.74 Å². The average molecular weight is 331 g/mol. The molecule has 98 valence electrons. The summed E-state index contributed by atoms with van der Waals surface area (Å²) in [7, 11) is 0. The van der Waals surface area contributed by atoms with Crippen molar-refractivity contribution in [2.75, 3.05) is 18.1 Å². The Labute approximate surface area is 121 Å². The zero-order valence-electron chi connectivity index (χ0n) is 10.2. The lowest BCUT2D eigenvalue weighted by Crippen LogP contribution is -2.49. The normalized spacial score (nSPS) is 27.3. The maximum Gasteiger partial charge on any atom is 0.0779 e. The van der Waals surface area contributed by atoms with Gasteiger partial charge in [0.15, 0.2) is 0 Å². The van der Waals surface area contributed by atoms with E-state index in [9.17, 15) is 0 Å². The van der Waals surface area contributed by atoms with Gasteiger partial charge in [0.25, 0.3) is 0 Å². The summed E-state index contributed by atoms with van der Waals surface area (Å²) in [6.45, 7) is 1.80. The van der Waals surface area contributed by atoms with Crippen LogP contribution in [0, 0.1) is 0 Å². The quantitative estimate of drug-likeness (QED) is 0.760. The molecule has 0 spiro atoms. The van der Waals surface area contributed by atoms with Crippen molar-refractivity contribution in [2.45, 2.75) is 36.7 Å². The molecule has 2 nitrogen and oxygen atoms in total. The molecule has 0 N–H and O–H groups in total. The first-order chi connectivity index (χ1) is 8.79. The highest BCUT2D eigenvalue weighted by molar-refractivity contribution is 9.08. The van der Waals surface area contributed by atoms with Crippen LogP contribution in [0.5, 0.6) is 0 Å². The van der Waals surface area contributed by atoms with E-state index in [1.165, 1.54) is 30.5 Å². The van der Waals surface area contributed by atoms with E-state index >= 15 is 0 Å².